The van der Waals surface area contributed by atoms with E-state index in [1.807, 2.05) is 12.2 Å². The van der Waals surface area contributed by atoms with Gasteiger partial charge >= 0.3 is 5.97 Å². The molecule has 1 fully saturated rings. The minimum Gasteiger partial charge on any atom is -0.488 e. The molecule has 2 N–H and O–H groups in total. The highest BCUT2D eigenvalue weighted by molar-refractivity contribution is 6.32. The first-order valence-electron chi connectivity index (χ1n) is 8.91. The number of carbonyl (C=O) groups is 2. The van der Waals surface area contributed by atoms with Gasteiger partial charge in [-0.25, -0.2) is 9.18 Å². The van der Waals surface area contributed by atoms with Crippen molar-refractivity contribution in [3.63, 3.8) is 0 Å². The SMILES string of the molecule is O=C1N[C@H](C(=O)O)Cc2ccc(c(Cl)c2)OC/C=C/CCN2C[C@@H](F)CC12. The first-order valence-corrected chi connectivity index (χ1v) is 9.29. The van der Waals surface area contributed by atoms with Crippen LogP contribution in [-0.4, -0.2) is 59.8 Å². The molecule has 0 spiro atoms. The number of aliphatic carboxylic acids is 1. The fraction of sp³-hybridized carbons (Fsp3) is 0.474. The molecule has 1 saturated heterocycles. The normalized spacial score (nSPS) is 28.2. The summed E-state index contributed by atoms with van der Waals surface area (Å²) in [4.78, 5) is 26.0. The third-order valence-corrected chi connectivity index (χ3v) is 5.09. The summed E-state index contributed by atoms with van der Waals surface area (Å²) in [6.45, 7) is 1.03. The molecule has 3 heterocycles. The summed E-state index contributed by atoms with van der Waals surface area (Å²) in [6.07, 6.45) is 3.46. The van der Waals surface area contributed by atoms with Gasteiger partial charge in [-0.1, -0.05) is 29.8 Å². The molecule has 0 aliphatic carbocycles. The summed E-state index contributed by atoms with van der Waals surface area (Å²) in [7, 11) is 0. The predicted molar refractivity (Wildman–Crippen MR) is 98.8 cm³/mol. The number of nitrogens with zero attached hydrogens (tertiary/aromatic N) is 1. The Hall–Kier alpha value is -2.12. The molecule has 146 valence electrons. The second-order valence-electron chi connectivity index (χ2n) is 6.78. The summed E-state index contributed by atoms with van der Waals surface area (Å²) in [5, 5.41) is 12.4. The van der Waals surface area contributed by atoms with E-state index in [-0.39, 0.29) is 19.4 Å². The number of carboxylic acid groups (broad SMARTS) is 1. The largest absolute Gasteiger partial charge is 0.488 e. The van der Waals surface area contributed by atoms with Crippen LogP contribution < -0.4 is 10.1 Å². The van der Waals surface area contributed by atoms with E-state index in [4.69, 9.17) is 16.3 Å². The average molecular weight is 397 g/mol. The number of alkyl halides is 1. The predicted octanol–water partition coefficient (Wildman–Crippen LogP) is 2.20. The van der Waals surface area contributed by atoms with Crippen LogP contribution in [-0.2, 0) is 16.0 Å². The maximum Gasteiger partial charge on any atom is 0.326 e. The van der Waals surface area contributed by atoms with Crippen LogP contribution in [0.4, 0.5) is 4.39 Å². The molecule has 1 aromatic rings. The van der Waals surface area contributed by atoms with Gasteiger partial charge in [-0.15, -0.1) is 0 Å². The Bertz CT molecular complexity index is 742. The number of rotatable bonds is 1. The fourth-order valence-electron chi connectivity index (χ4n) is 3.42. The van der Waals surface area contributed by atoms with Crippen LogP contribution in [0.25, 0.3) is 0 Å². The molecule has 3 aliphatic heterocycles. The molecule has 4 rings (SSSR count). The van der Waals surface area contributed by atoms with Gasteiger partial charge in [-0.2, -0.15) is 0 Å². The van der Waals surface area contributed by atoms with Gasteiger partial charge < -0.3 is 15.2 Å². The van der Waals surface area contributed by atoms with Gasteiger partial charge in [0, 0.05) is 25.9 Å². The van der Waals surface area contributed by atoms with Gasteiger partial charge in [-0.3, -0.25) is 9.69 Å². The summed E-state index contributed by atoms with van der Waals surface area (Å²) in [6, 6.07) is 3.26. The summed E-state index contributed by atoms with van der Waals surface area (Å²) in [5.74, 6) is -1.09. The van der Waals surface area contributed by atoms with Crippen molar-refractivity contribution in [1.82, 2.24) is 10.2 Å². The highest BCUT2D eigenvalue weighted by Gasteiger charge is 2.37. The molecule has 0 radical (unpaired) electrons. The quantitative estimate of drug-likeness (QED) is 0.711. The smallest absolute Gasteiger partial charge is 0.326 e. The Balaban J connectivity index is 1.85. The minimum atomic E-state index is -1.15. The van der Waals surface area contributed by atoms with E-state index in [9.17, 15) is 19.1 Å². The van der Waals surface area contributed by atoms with Gasteiger partial charge in [0.2, 0.25) is 5.91 Å². The molecule has 27 heavy (non-hydrogen) atoms. The van der Waals surface area contributed by atoms with Crippen LogP contribution in [0.1, 0.15) is 18.4 Å². The second-order valence-corrected chi connectivity index (χ2v) is 7.19. The Morgan fingerprint density at radius 1 is 1.37 bits per heavy atom. The van der Waals surface area contributed by atoms with Crippen molar-refractivity contribution in [2.24, 2.45) is 0 Å². The van der Waals surface area contributed by atoms with E-state index in [1.165, 1.54) is 0 Å². The molecule has 1 amide bonds. The number of benzene rings is 1. The van der Waals surface area contributed by atoms with Crippen molar-refractivity contribution in [1.29, 1.82) is 0 Å². The van der Waals surface area contributed by atoms with Gasteiger partial charge in [0.15, 0.2) is 0 Å². The highest BCUT2D eigenvalue weighted by atomic mass is 35.5. The Morgan fingerprint density at radius 3 is 2.93 bits per heavy atom. The highest BCUT2D eigenvalue weighted by Crippen LogP contribution is 2.26. The van der Waals surface area contributed by atoms with Crippen molar-refractivity contribution in [3.05, 3.63) is 40.9 Å². The van der Waals surface area contributed by atoms with Gasteiger partial charge in [0.1, 0.15) is 24.6 Å². The van der Waals surface area contributed by atoms with Crippen LogP contribution in [0.2, 0.25) is 5.02 Å². The van der Waals surface area contributed by atoms with E-state index in [1.54, 1.807) is 23.1 Å². The molecule has 1 aromatic carbocycles. The maximum absolute atomic E-state index is 13.9. The van der Waals surface area contributed by atoms with Crippen LogP contribution in [0.5, 0.6) is 5.75 Å². The number of carboxylic acids is 1. The summed E-state index contributed by atoms with van der Waals surface area (Å²) >= 11 is 6.21. The van der Waals surface area contributed by atoms with E-state index >= 15 is 0 Å². The lowest BCUT2D eigenvalue weighted by Gasteiger charge is -2.24. The van der Waals surface area contributed by atoms with Crippen LogP contribution in [0.15, 0.2) is 30.4 Å². The standard InChI is InChI=1S/C19H22ClFN2O4/c20-14-8-12-4-5-17(14)27-7-3-1-2-6-23-11-13(21)10-16(23)18(24)22-15(9-12)19(25)26/h1,3-5,8,13,15-16H,2,6-7,9-11H2,(H,22,24)(H,25,26)/b3-1+/t13-,15-,16?/m0/s1. The van der Waals surface area contributed by atoms with Crippen molar-refractivity contribution in [2.75, 3.05) is 19.7 Å². The fourth-order valence-corrected chi connectivity index (χ4v) is 3.68. The number of ether oxygens (including phenoxy) is 1. The Labute approximate surface area is 161 Å². The zero-order valence-corrected chi connectivity index (χ0v) is 15.5. The number of hydrogen-bond acceptors (Lipinski definition) is 4. The van der Waals surface area contributed by atoms with Crippen LogP contribution in [0.3, 0.4) is 0 Å². The average Bonchev–Trinajstić information content (AvgIpc) is 2.98. The molecular weight excluding hydrogens is 375 g/mol. The molecule has 3 aliphatic rings. The first-order chi connectivity index (χ1) is 12.9. The molecular formula is C19H22ClFN2O4. The van der Waals surface area contributed by atoms with Crippen molar-refractivity contribution < 1.29 is 23.8 Å². The number of halogens is 2. The van der Waals surface area contributed by atoms with E-state index in [0.717, 1.165) is 0 Å². The Morgan fingerprint density at radius 2 is 2.19 bits per heavy atom. The first kappa shape index (κ1) is 19.6. The number of carbonyl (C=O) groups excluding carboxylic acids is 1. The molecule has 2 bridgehead atoms. The molecule has 8 heteroatoms. The van der Waals surface area contributed by atoms with E-state index < -0.39 is 30.1 Å². The molecule has 6 nitrogen and oxygen atoms in total. The van der Waals surface area contributed by atoms with Crippen LogP contribution in [0, 0.1) is 0 Å². The van der Waals surface area contributed by atoms with E-state index in [0.29, 0.717) is 35.9 Å². The van der Waals surface area contributed by atoms with Gasteiger partial charge in [-0.05, 0) is 24.1 Å². The number of nitrogens with one attached hydrogen (secondary N) is 1. The number of amides is 1. The topological polar surface area (TPSA) is 78.9 Å². The monoisotopic (exact) mass is 396 g/mol. The van der Waals surface area contributed by atoms with E-state index in [2.05, 4.69) is 5.32 Å². The lowest BCUT2D eigenvalue weighted by molar-refractivity contribution is -0.142. The zero-order valence-electron chi connectivity index (χ0n) is 14.7. The van der Waals surface area contributed by atoms with Gasteiger partial charge in [0.05, 0.1) is 11.1 Å². The summed E-state index contributed by atoms with van der Waals surface area (Å²) < 4.78 is 19.5. The molecule has 0 saturated carbocycles. The van der Waals surface area contributed by atoms with Crippen molar-refractivity contribution in [2.45, 2.75) is 37.5 Å². The minimum absolute atomic E-state index is 0.0749. The third kappa shape index (κ3) is 4.99. The lowest BCUT2D eigenvalue weighted by Crippen LogP contribution is -2.50. The number of fused-ring (bicyclic) bond motifs is 9. The Kier molecular flexibility index (Phi) is 6.34. The van der Waals surface area contributed by atoms with Gasteiger partial charge in [0.25, 0.3) is 0 Å². The number of hydrogen-bond donors (Lipinski definition) is 2. The summed E-state index contributed by atoms with van der Waals surface area (Å²) in [5.41, 5.74) is 0.661. The maximum atomic E-state index is 13.9. The third-order valence-electron chi connectivity index (χ3n) is 4.79. The van der Waals surface area contributed by atoms with Crippen molar-refractivity contribution >= 4 is 23.5 Å². The zero-order chi connectivity index (χ0) is 19.4. The second kappa shape index (κ2) is 8.71. The molecule has 0 aromatic heterocycles. The molecule has 3 atom stereocenters. The molecule has 1 unspecified atom stereocenters. The van der Waals surface area contributed by atoms with Crippen LogP contribution >= 0.6 is 11.6 Å². The lowest BCUT2D eigenvalue weighted by atomic mass is 10.0. The van der Waals surface area contributed by atoms with Crippen molar-refractivity contribution in [3.8, 4) is 5.75 Å².